The van der Waals surface area contributed by atoms with E-state index in [1.54, 1.807) is 30.3 Å². The number of carbonyl (C=O) groups excluding carboxylic acids is 1. The number of ether oxygens (including phenoxy) is 1. The molecule has 0 radical (unpaired) electrons. The highest BCUT2D eigenvalue weighted by Gasteiger charge is 2.33. The molecule has 8 heteroatoms. The van der Waals surface area contributed by atoms with Gasteiger partial charge in [0.1, 0.15) is 0 Å². The number of anilines is 1. The molecular weight excluding hydrogens is 386 g/mol. The van der Waals surface area contributed by atoms with Crippen molar-refractivity contribution in [2.24, 2.45) is 0 Å². The van der Waals surface area contributed by atoms with Crippen LogP contribution in [-0.2, 0) is 4.79 Å². The topological polar surface area (TPSA) is 87.1 Å². The Morgan fingerprint density at radius 3 is 2.78 bits per heavy atom. The van der Waals surface area contributed by atoms with E-state index in [-0.39, 0.29) is 17.2 Å². The molecule has 0 aromatic heterocycles. The van der Waals surface area contributed by atoms with Gasteiger partial charge in [-0.1, -0.05) is 36.1 Å². The van der Waals surface area contributed by atoms with E-state index in [2.05, 4.69) is 0 Å². The number of nitrogens with zero attached hydrogens (tertiary/aromatic N) is 1. The average molecular weight is 401 g/mol. The van der Waals surface area contributed by atoms with Crippen LogP contribution in [0.3, 0.4) is 0 Å². The van der Waals surface area contributed by atoms with Crippen LogP contribution in [0.5, 0.6) is 11.5 Å². The maximum Gasteiger partial charge on any atom is 0.335 e. The maximum absolute atomic E-state index is 12.8. The van der Waals surface area contributed by atoms with Gasteiger partial charge in [-0.25, -0.2) is 4.79 Å². The van der Waals surface area contributed by atoms with E-state index in [1.165, 1.54) is 23.1 Å². The Morgan fingerprint density at radius 1 is 1.30 bits per heavy atom. The van der Waals surface area contributed by atoms with Crippen LogP contribution >= 0.6 is 24.0 Å². The highest BCUT2D eigenvalue weighted by atomic mass is 32.2. The Morgan fingerprint density at radius 2 is 2.07 bits per heavy atom. The van der Waals surface area contributed by atoms with Crippen LogP contribution in [0.4, 0.5) is 5.69 Å². The lowest BCUT2D eigenvalue weighted by atomic mass is 10.1. The molecule has 2 aromatic rings. The van der Waals surface area contributed by atoms with E-state index < -0.39 is 5.97 Å². The molecule has 0 saturated carbocycles. The monoisotopic (exact) mass is 401 g/mol. The molecule has 1 saturated heterocycles. The van der Waals surface area contributed by atoms with Gasteiger partial charge < -0.3 is 14.9 Å². The average Bonchev–Trinajstić information content (AvgIpc) is 2.91. The van der Waals surface area contributed by atoms with Crippen molar-refractivity contribution in [3.05, 3.63) is 58.5 Å². The van der Waals surface area contributed by atoms with E-state index in [4.69, 9.17) is 22.1 Å². The quantitative estimate of drug-likeness (QED) is 0.580. The van der Waals surface area contributed by atoms with Gasteiger partial charge in [0, 0.05) is 0 Å². The Labute approximate surface area is 165 Å². The number of carbonyl (C=O) groups is 2. The smallest absolute Gasteiger partial charge is 0.335 e. The fraction of sp³-hybridized carbons (Fsp3) is 0.105. The first kappa shape index (κ1) is 18.9. The molecule has 0 atom stereocenters. The number of aromatic carboxylic acids is 1. The second-order valence-electron chi connectivity index (χ2n) is 5.53. The van der Waals surface area contributed by atoms with Crippen molar-refractivity contribution in [3.63, 3.8) is 0 Å². The minimum atomic E-state index is -1.08. The number of thiocarbonyl (C=S) groups is 1. The van der Waals surface area contributed by atoms with E-state index >= 15 is 0 Å². The van der Waals surface area contributed by atoms with Crippen LogP contribution < -0.4 is 9.64 Å². The number of phenolic OH excluding ortho intramolecular Hbond substituents is 1. The second kappa shape index (κ2) is 7.81. The summed E-state index contributed by atoms with van der Waals surface area (Å²) in [7, 11) is 0. The highest BCUT2D eigenvalue weighted by Crippen LogP contribution is 2.37. The van der Waals surface area contributed by atoms with E-state index in [1.807, 2.05) is 6.92 Å². The van der Waals surface area contributed by atoms with Crippen LogP contribution in [0.1, 0.15) is 22.8 Å². The van der Waals surface area contributed by atoms with Crippen LogP contribution in [0, 0.1) is 0 Å². The molecule has 1 fully saturated rings. The number of phenols is 1. The first-order chi connectivity index (χ1) is 12.9. The van der Waals surface area contributed by atoms with Crippen LogP contribution in [-0.4, -0.2) is 33.0 Å². The van der Waals surface area contributed by atoms with Crippen molar-refractivity contribution < 1.29 is 24.5 Å². The summed E-state index contributed by atoms with van der Waals surface area (Å²) in [6.07, 6.45) is 1.66. The lowest BCUT2D eigenvalue weighted by molar-refractivity contribution is -0.113. The number of amides is 1. The Bertz CT molecular complexity index is 970. The number of carboxylic acid groups (broad SMARTS) is 1. The maximum atomic E-state index is 12.8. The first-order valence-electron chi connectivity index (χ1n) is 7.98. The van der Waals surface area contributed by atoms with Crippen molar-refractivity contribution >= 4 is 51.9 Å². The zero-order chi connectivity index (χ0) is 19.6. The molecule has 0 unspecified atom stereocenters. The summed E-state index contributed by atoms with van der Waals surface area (Å²) in [6, 6.07) is 10.8. The minimum Gasteiger partial charge on any atom is -0.504 e. The molecule has 6 nitrogen and oxygen atoms in total. The summed E-state index contributed by atoms with van der Waals surface area (Å²) in [4.78, 5) is 25.7. The molecule has 2 N–H and O–H groups in total. The lowest BCUT2D eigenvalue weighted by Crippen LogP contribution is -2.27. The summed E-state index contributed by atoms with van der Waals surface area (Å²) in [5.74, 6) is -1.06. The number of thioether (sulfide) groups is 1. The van der Waals surface area contributed by atoms with Gasteiger partial charge in [0.25, 0.3) is 5.91 Å². The number of aromatic hydroxyl groups is 1. The second-order valence-corrected chi connectivity index (χ2v) is 7.21. The van der Waals surface area contributed by atoms with Crippen molar-refractivity contribution in [1.82, 2.24) is 0 Å². The lowest BCUT2D eigenvalue weighted by Gasteiger charge is -2.14. The molecule has 1 aliphatic heterocycles. The van der Waals surface area contributed by atoms with Crippen molar-refractivity contribution in [2.75, 3.05) is 11.5 Å². The Kier molecular flexibility index (Phi) is 5.48. The third-order valence-electron chi connectivity index (χ3n) is 3.73. The van der Waals surface area contributed by atoms with Gasteiger partial charge in [-0.3, -0.25) is 9.69 Å². The molecule has 1 amide bonds. The molecular formula is C19H15NO5S2. The summed E-state index contributed by atoms with van der Waals surface area (Å²) < 4.78 is 5.67. The summed E-state index contributed by atoms with van der Waals surface area (Å²) >= 11 is 6.43. The molecule has 1 aliphatic rings. The standard InChI is InChI=1S/C19H15NO5S2/c1-2-25-15-8-11(6-7-14(15)21)9-16-17(22)20(19(26)27-16)13-5-3-4-12(10-13)18(23)24/h3-10,21H,2H2,1H3,(H,23,24)/b16-9+. The first-order valence-corrected chi connectivity index (χ1v) is 9.20. The third kappa shape index (κ3) is 3.96. The van der Waals surface area contributed by atoms with Crippen molar-refractivity contribution in [1.29, 1.82) is 0 Å². The predicted molar refractivity (Wildman–Crippen MR) is 108 cm³/mol. The van der Waals surface area contributed by atoms with Crippen molar-refractivity contribution in [3.8, 4) is 11.5 Å². The van der Waals surface area contributed by atoms with Crippen molar-refractivity contribution in [2.45, 2.75) is 6.92 Å². The molecule has 0 spiro atoms. The number of benzene rings is 2. The SMILES string of the molecule is CCOc1cc(/C=C2/SC(=S)N(c3cccc(C(=O)O)c3)C2=O)ccc1O. The fourth-order valence-electron chi connectivity index (χ4n) is 2.51. The zero-order valence-corrected chi connectivity index (χ0v) is 15.8. The Balaban J connectivity index is 1.92. The number of hydrogen-bond donors (Lipinski definition) is 2. The van der Waals surface area contributed by atoms with Crippen LogP contribution in [0.2, 0.25) is 0 Å². The molecule has 0 bridgehead atoms. The van der Waals surface area contributed by atoms with E-state index in [0.717, 1.165) is 11.8 Å². The van der Waals surface area contributed by atoms with E-state index in [0.29, 0.717) is 32.8 Å². The largest absolute Gasteiger partial charge is 0.504 e. The molecule has 138 valence electrons. The molecule has 0 aliphatic carbocycles. The van der Waals surface area contributed by atoms with Crippen LogP contribution in [0.15, 0.2) is 47.4 Å². The van der Waals surface area contributed by atoms with Gasteiger partial charge >= 0.3 is 5.97 Å². The van der Waals surface area contributed by atoms with Gasteiger partial charge in [0.2, 0.25) is 0 Å². The summed E-state index contributed by atoms with van der Waals surface area (Å²) in [5.41, 5.74) is 1.16. The molecule has 1 heterocycles. The van der Waals surface area contributed by atoms with Crippen LogP contribution in [0.25, 0.3) is 6.08 Å². The van der Waals surface area contributed by atoms with E-state index in [9.17, 15) is 14.7 Å². The Hall–Kier alpha value is -2.84. The minimum absolute atomic E-state index is 0.0204. The predicted octanol–water partition coefficient (Wildman–Crippen LogP) is 3.89. The number of rotatable bonds is 5. The number of hydrogen-bond acceptors (Lipinski definition) is 6. The molecule has 27 heavy (non-hydrogen) atoms. The fourth-order valence-corrected chi connectivity index (χ4v) is 3.81. The molecule has 2 aromatic carbocycles. The zero-order valence-electron chi connectivity index (χ0n) is 14.2. The van der Waals surface area contributed by atoms with Gasteiger partial charge in [0.05, 0.1) is 22.8 Å². The summed E-state index contributed by atoms with van der Waals surface area (Å²) in [5, 5.41) is 18.9. The summed E-state index contributed by atoms with van der Waals surface area (Å²) in [6.45, 7) is 2.21. The molecule has 3 rings (SSSR count). The number of carboxylic acids is 1. The van der Waals surface area contributed by atoms with Gasteiger partial charge in [-0.2, -0.15) is 0 Å². The van der Waals surface area contributed by atoms with Gasteiger partial charge in [-0.15, -0.1) is 0 Å². The third-order valence-corrected chi connectivity index (χ3v) is 5.03. The van der Waals surface area contributed by atoms with Gasteiger partial charge in [-0.05, 0) is 48.9 Å². The highest BCUT2D eigenvalue weighted by molar-refractivity contribution is 8.27. The normalized spacial score (nSPS) is 15.4. The van der Waals surface area contributed by atoms with Gasteiger partial charge in [0.15, 0.2) is 15.8 Å².